The average Bonchev–Trinajstić information content (AvgIpc) is 3.63. The van der Waals surface area contributed by atoms with Crippen molar-refractivity contribution in [3.05, 3.63) is 131 Å². The third-order valence-electron chi connectivity index (χ3n) is 7.64. The Kier molecular flexibility index (Phi) is 11.3. The second-order valence-electron chi connectivity index (χ2n) is 10.4. The van der Waals surface area contributed by atoms with Crippen molar-refractivity contribution in [1.82, 2.24) is 9.97 Å². The van der Waals surface area contributed by atoms with Crippen LogP contribution in [-0.4, -0.2) is 33.1 Å². The van der Waals surface area contributed by atoms with Crippen LogP contribution in [0.3, 0.4) is 0 Å². The van der Waals surface area contributed by atoms with Crippen LogP contribution in [0.2, 0.25) is 0 Å². The molecule has 0 aliphatic rings. The molecule has 0 aliphatic heterocycles. The number of ketones is 1. The SMILES string of the molecule is CCc1c(C#Cc2ccc([N+](=O)[O-])cc2)[nH]c(C(=O)/C=C(/OB(F)F)c2[nH]c(C#Cc3ccc([N+](=O)[O-])cc3)c(CC)c2CC)c1CC. The molecule has 244 valence electrons. The number of rotatable bonds is 11. The predicted molar refractivity (Wildman–Crippen MR) is 179 cm³/mol. The van der Waals surface area contributed by atoms with E-state index in [0.29, 0.717) is 59.3 Å². The molecule has 2 aromatic heterocycles. The average molecular weight is 652 g/mol. The van der Waals surface area contributed by atoms with Crippen LogP contribution in [0.15, 0.2) is 54.6 Å². The van der Waals surface area contributed by atoms with E-state index in [4.69, 9.17) is 4.65 Å². The molecule has 0 saturated heterocycles. The molecule has 48 heavy (non-hydrogen) atoms. The van der Waals surface area contributed by atoms with Crippen molar-refractivity contribution in [2.75, 3.05) is 0 Å². The Morgan fingerprint density at radius 3 is 1.48 bits per heavy atom. The molecule has 2 heterocycles. The first-order chi connectivity index (χ1) is 23.0. The zero-order valence-corrected chi connectivity index (χ0v) is 26.7. The first kappa shape index (κ1) is 34.9. The highest BCUT2D eigenvalue weighted by Gasteiger charge is 2.27. The lowest BCUT2D eigenvalue weighted by Crippen LogP contribution is -2.09. The molecule has 4 aromatic rings. The summed E-state index contributed by atoms with van der Waals surface area (Å²) in [7, 11) is -3.22. The molecule has 0 amide bonds. The largest absolute Gasteiger partial charge is 0.796 e. The number of halogens is 2. The predicted octanol–water partition coefficient (Wildman–Crippen LogP) is 7.37. The summed E-state index contributed by atoms with van der Waals surface area (Å²) in [5, 5.41) is 21.9. The third kappa shape index (κ3) is 7.88. The molecule has 0 fully saturated rings. The minimum Gasteiger partial charge on any atom is -0.503 e. The minimum absolute atomic E-state index is 0.0626. The first-order valence-corrected chi connectivity index (χ1v) is 15.2. The molecule has 13 heteroatoms. The van der Waals surface area contributed by atoms with Crippen molar-refractivity contribution in [3.8, 4) is 23.7 Å². The van der Waals surface area contributed by atoms with E-state index >= 15 is 0 Å². The maximum Gasteiger partial charge on any atom is 0.796 e. The van der Waals surface area contributed by atoms with E-state index in [-0.39, 0.29) is 28.5 Å². The van der Waals surface area contributed by atoms with Gasteiger partial charge in [-0.3, -0.25) is 25.0 Å². The second kappa shape index (κ2) is 15.6. The number of hydrogen-bond donors (Lipinski definition) is 2. The van der Waals surface area contributed by atoms with Crippen LogP contribution in [0.1, 0.15) is 88.6 Å². The summed E-state index contributed by atoms with van der Waals surface area (Å²) in [5.74, 6) is 11.0. The molecule has 4 rings (SSSR count). The number of nitrogens with one attached hydrogen (secondary N) is 2. The van der Waals surface area contributed by atoms with Gasteiger partial charge >= 0.3 is 7.47 Å². The number of nitro groups is 2. The molecule has 0 radical (unpaired) electrons. The van der Waals surface area contributed by atoms with Gasteiger partial charge in [-0.25, -0.2) is 8.63 Å². The van der Waals surface area contributed by atoms with Crippen LogP contribution in [0.5, 0.6) is 0 Å². The van der Waals surface area contributed by atoms with Crippen LogP contribution < -0.4 is 0 Å². The molecular formula is C35H31BF2N4O6. The van der Waals surface area contributed by atoms with Gasteiger partial charge in [0.2, 0.25) is 5.78 Å². The molecule has 2 N–H and O–H groups in total. The van der Waals surface area contributed by atoms with E-state index in [9.17, 15) is 33.7 Å². The summed E-state index contributed by atoms with van der Waals surface area (Å²) in [5.41, 5.74) is 5.16. The Balaban J connectivity index is 1.76. The molecule has 0 spiro atoms. The topological polar surface area (TPSA) is 144 Å². The number of allylic oxidation sites excluding steroid dienone is 1. The Hall–Kier alpha value is -5.95. The summed E-state index contributed by atoms with van der Waals surface area (Å²) in [4.78, 5) is 40.9. The van der Waals surface area contributed by atoms with E-state index in [1.165, 1.54) is 48.5 Å². The Labute approximate surface area is 276 Å². The van der Waals surface area contributed by atoms with E-state index < -0.39 is 23.1 Å². The zero-order valence-electron chi connectivity index (χ0n) is 26.7. The van der Waals surface area contributed by atoms with Crippen LogP contribution >= 0.6 is 0 Å². The lowest BCUT2D eigenvalue weighted by molar-refractivity contribution is -0.385. The van der Waals surface area contributed by atoms with Gasteiger partial charge in [0.1, 0.15) is 5.76 Å². The number of aromatic nitrogens is 2. The van der Waals surface area contributed by atoms with E-state index in [1.54, 1.807) is 0 Å². The molecule has 0 atom stereocenters. The number of hydrogen-bond acceptors (Lipinski definition) is 6. The zero-order chi connectivity index (χ0) is 35.0. The van der Waals surface area contributed by atoms with Gasteiger partial charge in [0.25, 0.3) is 11.4 Å². The maximum absolute atomic E-state index is 13.8. The normalized spacial score (nSPS) is 10.8. The maximum atomic E-state index is 13.8. The first-order valence-electron chi connectivity index (χ1n) is 15.2. The number of H-pyrrole nitrogens is 2. The van der Waals surface area contributed by atoms with Crippen molar-refractivity contribution in [3.63, 3.8) is 0 Å². The van der Waals surface area contributed by atoms with E-state index in [2.05, 4.69) is 33.6 Å². The number of carbonyl (C=O) groups is 1. The number of nitro benzene ring substituents is 2. The van der Waals surface area contributed by atoms with Crippen molar-refractivity contribution in [2.24, 2.45) is 0 Å². The number of aromatic amines is 2. The van der Waals surface area contributed by atoms with Crippen molar-refractivity contribution >= 4 is 30.4 Å². The van der Waals surface area contributed by atoms with Gasteiger partial charge in [-0.2, -0.15) is 0 Å². The quantitative estimate of drug-likeness (QED) is 0.0329. The van der Waals surface area contributed by atoms with Gasteiger partial charge < -0.3 is 14.6 Å². The van der Waals surface area contributed by atoms with Crippen molar-refractivity contribution in [2.45, 2.75) is 53.4 Å². The van der Waals surface area contributed by atoms with Gasteiger partial charge in [0, 0.05) is 41.5 Å². The lowest BCUT2D eigenvalue weighted by Gasteiger charge is -2.10. The molecule has 2 aromatic carbocycles. The summed E-state index contributed by atoms with van der Waals surface area (Å²) in [6, 6.07) is 11.5. The van der Waals surface area contributed by atoms with Crippen LogP contribution in [-0.2, 0) is 30.3 Å². The van der Waals surface area contributed by atoms with E-state index in [1.807, 2.05) is 27.7 Å². The highest BCUT2D eigenvalue weighted by molar-refractivity contribution is 6.36. The van der Waals surface area contributed by atoms with Gasteiger partial charge in [0.05, 0.1) is 32.6 Å². The van der Waals surface area contributed by atoms with E-state index in [0.717, 1.165) is 17.2 Å². The highest BCUT2D eigenvalue weighted by Crippen LogP contribution is 2.29. The Morgan fingerprint density at radius 2 is 1.10 bits per heavy atom. The van der Waals surface area contributed by atoms with Crippen molar-refractivity contribution in [1.29, 1.82) is 0 Å². The van der Waals surface area contributed by atoms with Crippen LogP contribution in [0, 0.1) is 43.9 Å². The third-order valence-corrected chi connectivity index (χ3v) is 7.64. The Morgan fingerprint density at radius 1 is 0.708 bits per heavy atom. The monoisotopic (exact) mass is 652 g/mol. The van der Waals surface area contributed by atoms with Gasteiger partial charge in [-0.1, -0.05) is 39.5 Å². The number of non-ortho nitro benzene ring substituents is 2. The fourth-order valence-corrected chi connectivity index (χ4v) is 5.40. The van der Waals surface area contributed by atoms with Crippen LogP contribution in [0.25, 0.3) is 5.76 Å². The standard InChI is InChI=1S/C35H31BF2N4O6/c1-5-26-28(7-3)34(39-30(26)19-13-22-9-15-24(16-10-22)41(44)45)32(43)21-33(48-36(37)38)35-29(8-4)27(6-2)31(40-35)20-14-23-11-17-25(18-12-23)42(46)47/h9-12,15-18,21,39-40H,5-8H2,1-4H3/b33-21+. The molecule has 0 bridgehead atoms. The number of nitrogens with zero attached hydrogens (tertiary/aromatic N) is 2. The smallest absolute Gasteiger partial charge is 0.503 e. The molecular weight excluding hydrogens is 621 g/mol. The summed E-state index contributed by atoms with van der Waals surface area (Å²) in [6.45, 7) is 7.53. The lowest BCUT2D eigenvalue weighted by atomic mass is 10.00. The number of carbonyl (C=O) groups excluding carboxylic acids is 1. The second-order valence-corrected chi connectivity index (χ2v) is 10.4. The molecule has 10 nitrogen and oxygen atoms in total. The molecule has 0 aliphatic carbocycles. The van der Waals surface area contributed by atoms with Gasteiger partial charge in [-0.15, -0.1) is 0 Å². The fourth-order valence-electron chi connectivity index (χ4n) is 5.40. The van der Waals surface area contributed by atoms with Gasteiger partial charge in [0.15, 0.2) is 0 Å². The van der Waals surface area contributed by atoms with Crippen LogP contribution in [0.4, 0.5) is 20.0 Å². The summed E-state index contributed by atoms with van der Waals surface area (Å²) >= 11 is 0. The molecule has 0 saturated carbocycles. The summed E-state index contributed by atoms with van der Waals surface area (Å²) in [6.07, 6.45) is 2.96. The highest BCUT2D eigenvalue weighted by atomic mass is 19.2. The Bertz CT molecular complexity index is 2010. The minimum atomic E-state index is -3.22. The number of benzene rings is 2. The summed E-state index contributed by atoms with van der Waals surface area (Å²) < 4.78 is 32.5. The van der Waals surface area contributed by atoms with Gasteiger partial charge in [-0.05, 0) is 84.0 Å². The molecule has 0 unspecified atom stereocenters. The fraction of sp³-hybridized carbons (Fsp3) is 0.229. The van der Waals surface area contributed by atoms with Crippen molar-refractivity contribution < 1.29 is 27.9 Å².